The van der Waals surface area contributed by atoms with Gasteiger partial charge in [-0.3, -0.25) is 4.79 Å². The summed E-state index contributed by atoms with van der Waals surface area (Å²) in [6.07, 6.45) is 0. The van der Waals surface area contributed by atoms with Gasteiger partial charge >= 0.3 is 0 Å². The number of aliphatic hydroxyl groups excluding tert-OH is 3. The molecule has 0 spiro atoms. The number of hydrogen-bond acceptors (Lipinski definition) is 5. The van der Waals surface area contributed by atoms with Gasteiger partial charge in [0, 0.05) is 4.90 Å². The molecule has 1 amide bonds. The maximum absolute atomic E-state index is 11.7. The quantitative estimate of drug-likeness (QED) is 0.526. The number of rotatable bonds is 7. The molecule has 0 aliphatic carbocycles. The Hall–Kier alpha value is -1.08. The van der Waals surface area contributed by atoms with Gasteiger partial charge in [0.25, 0.3) is 0 Å². The average Bonchev–Trinajstić information content (AvgIpc) is 2.44. The first-order valence-electron chi connectivity index (χ1n) is 5.88. The zero-order valence-electron chi connectivity index (χ0n) is 10.8. The third kappa shape index (κ3) is 4.83. The number of carbonyl (C=O) groups is 1. The molecule has 0 heterocycles. The van der Waals surface area contributed by atoms with Crippen molar-refractivity contribution in [3.63, 3.8) is 0 Å². The van der Waals surface area contributed by atoms with E-state index in [0.717, 1.165) is 10.5 Å². The number of aliphatic hydroxyl groups is 3. The fraction of sp³-hybridized carbons (Fsp3) is 0.462. The lowest BCUT2D eigenvalue weighted by Gasteiger charge is -2.28. The van der Waals surface area contributed by atoms with Crippen LogP contribution in [0.3, 0.4) is 0 Å². The Labute approximate surface area is 116 Å². The number of aryl methyl sites for hydroxylation is 1. The molecule has 0 aliphatic heterocycles. The first-order chi connectivity index (χ1) is 9.05. The van der Waals surface area contributed by atoms with Crippen LogP contribution in [0.4, 0.5) is 0 Å². The molecule has 106 valence electrons. The van der Waals surface area contributed by atoms with E-state index in [4.69, 9.17) is 15.3 Å². The van der Waals surface area contributed by atoms with Crippen LogP contribution in [0, 0.1) is 6.92 Å². The number of benzene rings is 1. The highest BCUT2D eigenvalue weighted by atomic mass is 32.2. The topological polar surface area (TPSA) is 89.8 Å². The molecule has 0 aliphatic rings. The van der Waals surface area contributed by atoms with E-state index >= 15 is 0 Å². The summed E-state index contributed by atoms with van der Waals surface area (Å²) in [6, 6.07) is 7.76. The molecular weight excluding hydrogens is 266 g/mol. The largest absolute Gasteiger partial charge is 0.394 e. The van der Waals surface area contributed by atoms with Gasteiger partial charge in [0.2, 0.25) is 5.91 Å². The van der Waals surface area contributed by atoms with Crippen LogP contribution in [0.15, 0.2) is 29.2 Å². The molecule has 0 radical (unpaired) electrons. The molecule has 0 atom stereocenters. The molecule has 4 N–H and O–H groups in total. The third-order valence-corrected chi connectivity index (χ3v) is 3.72. The van der Waals surface area contributed by atoms with Gasteiger partial charge in [0.1, 0.15) is 5.54 Å². The number of thioether (sulfide) groups is 1. The molecule has 0 bridgehead atoms. The van der Waals surface area contributed by atoms with E-state index in [1.165, 1.54) is 11.8 Å². The predicted octanol–water partition coefficient (Wildman–Crippen LogP) is -0.0810. The highest BCUT2D eigenvalue weighted by molar-refractivity contribution is 8.00. The molecule has 1 aromatic carbocycles. The van der Waals surface area contributed by atoms with E-state index in [-0.39, 0.29) is 11.7 Å². The third-order valence-electron chi connectivity index (χ3n) is 2.70. The van der Waals surface area contributed by atoms with Crippen LogP contribution in [0.1, 0.15) is 5.56 Å². The van der Waals surface area contributed by atoms with E-state index in [9.17, 15) is 4.79 Å². The molecule has 0 saturated heterocycles. The van der Waals surface area contributed by atoms with Gasteiger partial charge in [0.05, 0.1) is 25.6 Å². The minimum Gasteiger partial charge on any atom is -0.394 e. The maximum atomic E-state index is 11.7. The van der Waals surface area contributed by atoms with Crippen LogP contribution in [-0.4, -0.2) is 52.3 Å². The molecule has 1 rings (SSSR count). The Balaban J connectivity index is 2.49. The number of amides is 1. The standard InChI is InChI=1S/C13H19NO4S/c1-10-2-4-11(5-3-10)19-6-12(18)14-13(7-15,8-16)9-17/h2-5,15-17H,6-9H2,1H3,(H,14,18). The Morgan fingerprint density at radius 3 is 2.16 bits per heavy atom. The molecule has 6 heteroatoms. The summed E-state index contributed by atoms with van der Waals surface area (Å²) in [6.45, 7) is 0.446. The first kappa shape index (κ1) is 16.0. The number of nitrogens with one attached hydrogen (secondary N) is 1. The van der Waals surface area contributed by atoms with Crippen molar-refractivity contribution < 1.29 is 20.1 Å². The Morgan fingerprint density at radius 1 is 1.16 bits per heavy atom. The van der Waals surface area contributed by atoms with E-state index in [2.05, 4.69) is 5.32 Å². The highest BCUT2D eigenvalue weighted by Gasteiger charge is 2.29. The van der Waals surface area contributed by atoms with Gasteiger partial charge in [-0.15, -0.1) is 11.8 Å². The van der Waals surface area contributed by atoms with Crippen molar-refractivity contribution >= 4 is 17.7 Å². The second-order valence-electron chi connectivity index (χ2n) is 4.40. The summed E-state index contributed by atoms with van der Waals surface area (Å²) >= 11 is 1.35. The SMILES string of the molecule is Cc1ccc(SCC(=O)NC(CO)(CO)CO)cc1. The van der Waals surface area contributed by atoms with Crippen molar-refractivity contribution in [2.45, 2.75) is 17.4 Å². The monoisotopic (exact) mass is 285 g/mol. The summed E-state index contributed by atoms with van der Waals surface area (Å²) in [5.74, 6) is -0.187. The summed E-state index contributed by atoms with van der Waals surface area (Å²) < 4.78 is 0. The average molecular weight is 285 g/mol. The first-order valence-corrected chi connectivity index (χ1v) is 6.87. The number of carbonyl (C=O) groups excluding carboxylic acids is 1. The van der Waals surface area contributed by atoms with Crippen LogP contribution >= 0.6 is 11.8 Å². The van der Waals surface area contributed by atoms with Gasteiger partial charge in [-0.1, -0.05) is 17.7 Å². The zero-order chi connectivity index (χ0) is 14.3. The van der Waals surface area contributed by atoms with E-state index in [1.54, 1.807) is 0 Å². The van der Waals surface area contributed by atoms with Gasteiger partial charge in [-0.05, 0) is 19.1 Å². The normalized spacial score (nSPS) is 11.4. The van der Waals surface area contributed by atoms with Crippen LogP contribution in [0.5, 0.6) is 0 Å². The smallest absolute Gasteiger partial charge is 0.231 e. The lowest BCUT2D eigenvalue weighted by Crippen LogP contribution is -2.57. The highest BCUT2D eigenvalue weighted by Crippen LogP contribution is 2.18. The van der Waals surface area contributed by atoms with E-state index < -0.39 is 25.4 Å². The summed E-state index contributed by atoms with van der Waals surface area (Å²) in [7, 11) is 0. The van der Waals surface area contributed by atoms with Gasteiger partial charge < -0.3 is 20.6 Å². The Kier molecular flexibility index (Phi) is 6.30. The van der Waals surface area contributed by atoms with Crippen LogP contribution in [0.25, 0.3) is 0 Å². The number of hydrogen-bond donors (Lipinski definition) is 4. The molecule has 0 unspecified atom stereocenters. The fourth-order valence-corrected chi connectivity index (χ4v) is 2.08. The molecule has 5 nitrogen and oxygen atoms in total. The van der Waals surface area contributed by atoms with Crippen molar-refractivity contribution in [1.29, 1.82) is 0 Å². The second kappa shape index (κ2) is 7.49. The molecule has 0 aromatic heterocycles. The molecule has 19 heavy (non-hydrogen) atoms. The van der Waals surface area contributed by atoms with Gasteiger partial charge in [-0.2, -0.15) is 0 Å². The van der Waals surface area contributed by atoms with Crippen molar-refractivity contribution in [3.8, 4) is 0 Å². The van der Waals surface area contributed by atoms with E-state index in [0.29, 0.717) is 0 Å². The molecule has 1 aromatic rings. The van der Waals surface area contributed by atoms with Crippen molar-refractivity contribution in [2.24, 2.45) is 0 Å². The summed E-state index contributed by atoms with van der Waals surface area (Å²) in [5.41, 5.74) is -0.209. The predicted molar refractivity (Wildman–Crippen MR) is 74.0 cm³/mol. The second-order valence-corrected chi connectivity index (χ2v) is 5.45. The van der Waals surface area contributed by atoms with Gasteiger partial charge in [-0.25, -0.2) is 0 Å². The van der Waals surface area contributed by atoms with E-state index in [1.807, 2.05) is 31.2 Å². The van der Waals surface area contributed by atoms with Gasteiger partial charge in [0.15, 0.2) is 0 Å². The van der Waals surface area contributed by atoms with Crippen molar-refractivity contribution in [3.05, 3.63) is 29.8 Å². The fourth-order valence-electron chi connectivity index (χ4n) is 1.38. The lowest BCUT2D eigenvalue weighted by molar-refractivity contribution is -0.122. The summed E-state index contributed by atoms with van der Waals surface area (Å²) in [4.78, 5) is 12.7. The van der Waals surface area contributed by atoms with Crippen molar-refractivity contribution in [2.75, 3.05) is 25.6 Å². The minimum atomic E-state index is -1.36. The molecule has 0 fully saturated rings. The zero-order valence-corrected chi connectivity index (χ0v) is 11.6. The summed E-state index contributed by atoms with van der Waals surface area (Å²) in [5, 5.41) is 29.8. The minimum absolute atomic E-state index is 0.158. The molecular formula is C13H19NO4S. The Bertz CT molecular complexity index is 395. The molecule has 0 saturated carbocycles. The van der Waals surface area contributed by atoms with Crippen molar-refractivity contribution in [1.82, 2.24) is 5.32 Å². The lowest BCUT2D eigenvalue weighted by atomic mass is 10.0. The maximum Gasteiger partial charge on any atom is 0.231 e. The van der Waals surface area contributed by atoms with Crippen LogP contribution in [-0.2, 0) is 4.79 Å². The Morgan fingerprint density at radius 2 is 1.68 bits per heavy atom. The van der Waals surface area contributed by atoms with Crippen LogP contribution < -0.4 is 5.32 Å². The van der Waals surface area contributed by atoms with Crippen LogP contribution in [0.2, 0.25) is 0 Å².